The van der Waals surface area contributed by atoms with Gasteiger partial charge in [0.15, 0.2) is 5.41 Å². The number of carboxylic acid groups (broad SMARTS) is 2. The van der Waals surface area contributed by atoms with E-state index in [4.69, 9.17) is 10.2 Å². The molecule has 7 heteroatoms. The summed E-state index contributed by atoms with van der Waals surface area (Å²) in [5, 5.41) is 17.9. The molecule has 1 heterocycles. The van der Waals surface area contributed by atoms with Crippen LogP contribution in [0.2, 0.25) is 0 Å². The van der Waals surface area contributed by atoms with Crippen molar-refractivity contribution in [2.75, 3.05) is 19.6 Å². The third kappa shape index (κ3) is 4.31. The minimum atomic E-state index is -1.60. The first-order valence-corrected chi connectivity index (χ1v) is 5.78. The van der Waals surface area contributed by atoms with E-state index in [2.05, 4.69) is 0 Å². The van der Waals surface area contributed by atoms with E-state index >= 15 is 0 Å². The molecule has 0 radical (unpaired) electrons. The summed E-state index contributed by atoms with van der Waals surface area (Å²) in [6.45, 7) is 0.862. The molecule has 1 aromatic rings. The third-order valence-electron chi connectivity index (χ3n) is 3.37. The van der Waals surface area contributed by atoms with Crippen molar-refractivity contribution >= 4 is 71.1 Å². The van der Waals surface area contributed by atoms with Gasteiger partial charge in [-0.2, -0.15) is 0 Å². The number of rotatable bonds is 5. The van der Waals surface area contributed by atoms with E-state index in [9.17, 15) is 9.59 Å². The van der Waals surface area contributed by atoms with Gasteiger partial charge in [0.05, 0.1) is 0 Å². The van der Waals surface area contributed by atoms with Crippen molar-refractivity contribution in [3.05, 3.63) is 35.9 Å². The first-order valence-electron chi connectivity index (χ1n) is 5.78. The van der Waals surface area contributed by atoms with Gasteiger partial charge in [-0.15, -0.1) is 0 Å². The molecule has 0 atom stereocenters. The predicted octanol–water partition coefficient (Wildman–Crippen LogP) is -0.597. The number of likely N-dealkylation sites (tertiary alicyclic amines) is 1. The number of nitrogens with zero attached hydrogens (tertiary/aromatic N) is 1. The Morgan fingerprint density at radius 2 is 1.55 bits per heavy atom. The number of aliphatic carboxylic acids is 2. The quantitative estimate of drug-likeness (QED) is 0.561. The van der Waals surface area contributed by atoms with Crippen LogP contribution in [0.1, 0.15) is 5.56 Å². The Labute approximate surface area is 161 Å². The molecule has 0 bridgehead atoms. The summed E-state index contributed by atoms with van der Waals surface area (Å²) in [5.41, 5.74) is -0.433. The molecule has 0 spiro atoms. The molecule has 20 heavy (non-hydrogen) atoms. The zero-order valence-electron chi connectivity index (χ0n) is 9.87. The second-order valence-electron chi connectivity index (χ2n) is 4.64. The Morgan fingerprint density at radius 1 is 1.05 bits per heavy atom. The van der Waals surface area contributed by atoms with Crippen LogP contribution in [0, 0.1) is 5.41 Å². The van der Waals surface area contributed by atoms with Gasteiger partial charge >= 0.3 is 71.1 Å². The first-order chi connectivity index (χ1) is 8.54. The Hall–Kier alpha value is 0.120. The number of carboxylic acids is 2. The summed E-state index contributed by atoms with van der Waals surface area (Å²) in [6.07, 6.45) is 0.802. The standard InChI is InChI=1S/C13H15NO4.2Na.2H/c15-11(16)13(12(17)18)8-14(9-13)7-6-10-4-2-1-3-5-10;;;;/h1-5H,6-9H2,(H,15,16)(H,17,18);;;;. The maximum absolute atomic E-state index is 11.0. The van der Waals surface area contributed by atoms with Crippen molar-refractivity contribution in [2.45, 2.75) is 6.42 Å². The molecular weight excluding hydrogens is 280 g/mol. The Kier molecular flexibility index (Phi) is 8.59. The van der Waals surface area contributed by atoms with Crippen molar-refractivity contribution in [3.8, 4) is 0 Å². The Morgan fingerprint density at radius 3 is 2.00 bits per heavy atom. The van der Waals surface area contributed by atoms with Crippen LogP contribution in [0.4, 0.5) is 0 Å². The van der Waals surface area contributed by atoms with E-state index in [1.54, 1.807) is 0 Å². The zero-order valence-corrected chi connectivity index (χ0v) is 9.87. The Balaban J connectivity index is 0.00000180. The van der Waals surface area contributed by atoms with E-state index in [-0.39, 0.29) is 72.2 Å². The summed E-state index contributed by atoms with van der Waals surface area (Å²) < 4.78 is 0. The summed E-state index contributed by atoms with van der Waals surface area (Å²) >= 11 is 0. The summed E-state index contributed by atoms with van der Waals surface area (Å²) in [7, 11) is 0. The predicted molar refractivity (Wildman–Crippen MR) is 78.6 cm³/mol. The molecule has 0 aliphatic carbocycles. The molecule has 100 valence electrons. The van der Waals surface area contributed by atoms with Crippen LogP contribution in [-0.4, -0.2) is 106 Å². The molecule has 5 nitrogen and oxygen atoms in total. The van der Waals surface area contributed by atoms with Crippen molar-refractivity contribution in [1.29, 1.82) is 0 Å². The molecule has 0 unspecified atom stereocenters. The van der Waals surface area contributed by atoms with E-state index in [0.717, 1.165) is 6.42 Å². The molecule has 1 saturated heterocycles. The monoisotopic (exact) mass is 297 g/mol. The van der Waals surface area contributed by atoms with Crippen LogP contribution < -0.4 is 0 Å². The van der Waals surface area contributed by atoms with Crippen molar-refractivity contribution in [2.24, 2.45) is 5.41 Å². The van der Waals surface area contributed by atoms with Gasteiger partial charge in [-0.3, -0.25) is 14.5 Å². The molecule has 1 aliphatic heterocycles. The van der Waals surface area contributed by atoms with Gasteiger partial charge in [-0.1, -0.05) is 30.3 Å². The molecule has 1 aliphatic rings. The van der Waals surface area contributed by atoms with Gasteiger partial charge in [0.1, 0.15) is 0 Å². The van der Waals surface area contributed by atoms with Gasteiger partial charge in [0.2, 0.25) is 0 Å². The van der Waals surface area contributed by atoms with Crippen molar-refractivity contribution in [3.63, 3.8) is 0 Å². The van der Waals surface area contributed by atoms with Crippen molar-refractivity contribution in [1.82, 2.24) is 4.90 Å². The topological polar surface area (TPSA) is 77.8 Å². The molecule has 2 N–H and O–H groups in total. The van der Waals surface area contributed by atoms with E-state index < -0.39 is 17.4 Å². The van der Waals surface area contributed by atoms with Crippen molar-refractivity contribution < 1.29 is 19.8 Å². The molecule has 0 saturated carbocycles. The van der Waals surface area contributed by atoms with Gasteiger partial charge in [0, 0.05) is 19.6 Å². The van der Waals surface area contributed by atoms with E-state index in [0.29, 0.717) is 6.54 Å². The molecule has 2 rings (SSSR count). The first kappa shape index (κ1) is 20.1. The maximum atomic E-state index is 11.0. The van der Waals surface area contributed by atoms with Crippen LogP contribution in [0.15, 0.2) is 30.3 Å². The van der Waals surface area contributed by atoms with Gasteiger partial charge in [-0.25, -0.2) is 0 Å². The minimum absolute atomic E-state index is 0. The van der Waals surface area contributed by atoms with Crippen LogP contribution in [-0.2, 0) is 16.0 Å². The van der Waals surface area contributed by atoms with Crippen LogP contribution >= 0.6 is 0 Å². The average molecular weight is 297 g/mol. The molecule has 0 aromatic heterocycles. The van der Waals surface area contributed by atoms with Crippen LogP contribution in [0.5, 0.6) is 0 Å². The number of hydrogen-bond donors (Lipinski definition) is 2. The number of hydrogen-bond acceptors (Lipinski definition) is 3. The van der Waals surface area contributed by atoms with Gasteiger partial charge in [0.25, 0.3) is 0 Å². The van der Waals surface area contributed by atoms with Crippen LogP contribution in [0.25, 0.3) is 0 Å². The SMILES string of the molecule is O=C(O)C1(C(=O)O)CN(CCc2ccccc2)C1.[NaH].[NaH]. The second-order valence-corrected chi connectivity index (χ2v) is 4.64. The molecular formula is C13H17NNa2O4. The van der Waals surface area contributed by atoms with Crippen LogP contribution in [0.3, 0.4) is 0 Å². The normalized spacial score (nSPS) is 16.2. The zero-order chi connectivity index (χ0) is 13.2. The molecule has 0 amide bonds. The second kappa shape index (κ2) is 8.54. The van der Waals surface area contributed by atoms with Gasteiger partial charge in [-0.05, 0) is 12.0 Å². The number of benzene rings is 1. The van der Waals surface area contributed by atoms with E-state index in [1.807, 2.05) is 35.2 Å². The third-order valence-corrected chi connectivity index (χ3v) is 3.37. The van der Waals surface area contributed by atoms with E-state index in [1.165, 1.54) is 5.56 Å². The number of carbonyl (C=O) groups is 2. The fourth-order valence-corrected chi connectivity index (χ4v) is 2.17. The summed E-state index contributed by atoms with van der Waals surface area (Å²) in [4.78, 5) is 23.8. The summed E-state index contributed by atoms with van der Waals surface area (Å²) in [5.74, 6) is -2.49. The summed E-state index contributed by atoms with van der Waals surface area (Å²) in [6, 6.07) is 9.84. The Bertz CT molecular complexity index is 445. The fraction of sp³-hybridized carbons (Fsp3) is 0.385. The fourth-order valence-electron chi connectivity index (χ4n) is 2.17. The molecule has 1 fully saturated rings. The average Bonchev–Trinajstić information content (AvgIpc) is 2.27. The van der Waals surface area contributed by atoms with Gasteiger partial charge < -0.3 is 10.2 Å². The molecule has 1 aromatic carbocycles.